The van der Waals surface area contributed by atoms with Gasteiger partial charge in [0.05, 0.1) is 23.3 Å². The number of nitrogens with zero attached hydrogens (tertiary/aromatic N) is 4. The second-order valence-electron chi connectivity index (χ2n) is 4.20. The van der Waals surface area contributed by atoms with Crippen molar-refractivity contribution in [1.82, 2.24) is 19.6 Å². The maximum atomic E-state index is 12.0. The number of nitrogen functional groups attached to an aromatic ring is 1. The highest BCUT2D eigenvalue weighted by Gasteiger charge is 2.14. The van der Waals surface area contributed by atoms with Crippen LogP contribution in [0.5, 0.6) is 0 Å². The highest BCUT2D eigenvalue weighted by molar-refractivity contribution is 7.99. The Morgan fingerprint density at radius 3 is 3.09 bits per heavy atom. The number of carbonyl (C=O) groups excluding carboxylic acids is 1. The molecule has 10 heteroatoms. The smallest absolute Gasteiger partial charge is 0.316 e. The number of nitrogens with two attached hydrogens (primary N) is 1. The van der Waals surface area contributed by atoms with Gasteiger partial charge in [0.2, 0.25) is 0 Å². The molecule has 0 amide bonds. The highest BCUT2D eigenvalue weighted by Crippen LogP contribution is 2.29. The average molecular weight is 337 g/mol. The van der Waals surface area contributed by atoms with Crippen molar-refractivity contribution < 1.29 is 9.53 Å². The minimum Gasteiger partial charge on any atom is -0.465 e. The molecule has 0 saturated carbocycles. The van der Waals surface area contributed by atoms with E-state index in [9.17, 15) is 9.59 Å². The van der Waals surface area contributed by atoms with Crippen molar-refractivity contribution in [2.45, 2.75) is 12.1 Å². The van der Waals surface area contributed by atoms with E-state index in [0.717, 1.165) is 4.68 Å². The lowest BCUT2D eigenvalue weighted by Crippen LogP contribution is -2.26. The summed E-state index contributed by atoms with van der Waals surface area (Å²) >= 11 is 2.39. The quantitative estimate of drug-likeness (QED) is 0.321. The summed E-state index contributed by atoms with van der Waals surface area (Å²) in [4.78, 5) is 36.6. The van der Waals surface area contributed by atoms with Gasteiger partial charge in [-0.05, 0) is 6.92 Å². The Bertz CT molecular complexity index is 920. The maximum Gasteiger partial charge on any atom is 0.316 e. The Morgan fingerprint density at radius 2 is 2.32 bits per heavy atom. The first-order chi connectivity index (χ1) is 10.6. The van der Waals surface area contributed by atoms with E-state index in [1.807, 2.05) is 0 Å². The van der Waals surface area contributed by atoms with Crippen LogP contribution in [0.4, 0.5) is 0 Å². The minimum absolute atomic E-state index is 0.137. The molecule has 0 spiro atoms. The molecule has 0 aliphatic carbocycles. The molecule has 0 aliphatic heterocycles. The van der Waals surface area contributed by atoms with E-state index in [4.69, 9.17) is 10.6 Å². The highest BCUT2D eigenvalue weighted by atomic mass is 32.2. The van der Waals surface area contributed by atoms with Crippen molar-refractivity contribution in [3.05, 3.63) is 22.9 Å². The third-order valence-corrected chi connectivity index (χ3v) is 4.68. The summed E-state index contributed by atoms with van der Waals surface area (Å²) in [5.74, 6) is 5.32. The number of rotatable bonds is 4. The van der Waals surface area contributed by atoms with Crippen LogP contribution in [0.3, 0.4) is 0 Å². The number of hydrogen-bond acceptors (Lipinski definition) is 9. The van der Waals surface area contributed by atoms with E-state index in [1.54, 1.807) is 13.1 Å². The lowest BCUT2D eigenvalue weighted by molar-refractivity contribution is -0.139. The fourth-order valence-electron chi connectivity index (χ4n) is 1.82. The SMILES string of the molecule is CCOC(=O)CSc1ncc2c(n1)sc1c(=O)n(N)cnc12. The summed E-state index contributed by atoms with van der Waals surface area (Å²) in [6.45, 7) is 2.09. The molecule has 0 atom stereocenters. The summed E-state index contributed by atoms with van der Waals surface area (Å²) in [5, 5.41) is 1.14. The normalized spacial score (nSPS) is 11.1. The Morgan fingerprint density at radius 1 is 1.50 bits per heavy atom. The third-order valence-electron chi connectivity index (χ3n) is 2.77. The van der Waals surface area contributed by atoms with E-state index in [1.165, 1.54) is 29.4 Å². The van der Waals surface area contributed by atoms with Gasteiger partial charge in [0.1, 0.15) is 15.9 Å². The molecule has 0 fully saturated rings. The molecule has 8 nitrogen and oxygen atoms in total. The topological polar surface area (TPSA) is 113 Å². The molecule has 22 heavy (non-hydrogen) atoms. The Labute approximate surface area is 132 Å². The van der Waals surface area contributed by atoms with Gasteiger partial charge in [0.15, 0.2) is 5.16 Å². The number of esters is 1. The van der Waals surface area contributed by atoms with Crippen molar-refractivity contribution >= 4 is 49.5 Å². The van der Waals surface area contributed by atoms with Crippen molar-refractivity contribution in [3.63, 3.8) is 0 Å². The van der Waals surface area contributed by atoms with Gasteiger partial charge >= 0.3 is 5.97 Å². The zero-order chi connectivity index (χ0) is 15.7. The van der Waals surface area contributed by atoms with E-state index >= 15 is 0 Å². The number of fused-ring (bicyclic) bond motifs is 3. The number of thioether (sulfide) groups is 1. The molecule has 0 aliphatic rings. The third kappa shape index (κ3) is 2.62. The molecule has 0 bridgehead atoms. The van der Waals surface area contributed by atoms with Crippen LogP contribution in [0.25, 0.3) is 20.4 Å². The first-order valence-electron chi connectivity index (χ1n) is 6.30. The van der Waals surface area contributed by atoms with Crippen LogP contribution in [0.2, 0.25) is 0 Å². The molecule has 2 N–H and O–H groups in total. The molecule has 3 aromatic rings. The molecule has 0 radical (unpaired) electrons. The molecule has 114 valence electrons. The lowest BCUT2D eigenvalue weighted by atomic mass is 10.3. The second kappa shape index (κ2) is 5.89. The van der Waals surface area contributed by atoms with Crippen molar-refractivity contribution in [2.75, 3.05) is 18.2 Å². The number of carbonyl (C=O) groups is 1. The lowest BCUT2D eigenvalue weighted by Gasteiger charge is -2.00. The van der Waals surface area contributed by atoms with Gasteiger partial charge in [-0.3, -0.25) is 9.59 Å². The Hall–Kier alpha value is -2.20. The zero-order valence-electron chi connectivity index (χ0n) is 11.5. The number of aromatic nitrogens is 4. The molecule has 0 aromatic carbocycles. The van der Waals surface area contributed by atoms with Crippen LogP contribution in [0.1, 0.15) is 6.92 Å². The molecule has 0 saturated heterocycles. The van der Waals surface area contributed by atoms with Crippen LogP contribution in [0, 0.1) is 0 Å². The predicted octanol–water partition coefficient (Wildman–Crippen LogP) is 0.770. The number of hydrogen-bond donors (Lipinski definition) is 1. The van der Waals surface area contributed by atoms with Crippen LogP contribution >= 0.6 is 23.1 Å². The van der Waals surface area contributed by atoms with Crippen molar-refractivity contribution in [3.8, 4) is 0 Å². The van der Waals surface area contributed by atoms with E-state index in [0.29, 0.717) is 32.2 Å². The van der Waals surface area contributed by atoms with Gasteiger partial charge in [-0.1, -0.05) is 11.8 Å². The fraction of sp³-hybridized carbons (Fsp3) is 0.250. The molecule has 3 rings (SSSR count). The molecule has 3 aromatic heterocycles. The van der Waals surface area contributed by atoms with Gasteiger partial charge < -0.3 is 10.6 Å². The van der Waals surface area contributed by atoms with Gasteiger partial charge in [-0.25, -0.2) is 19.6 Å². The van der Waals surface area contributed by atoms with Crippen LogP contribution in [-0.4, -0.2) is 38.0 Å². The maximum absolute atomic E-state index is 12.0. The average Bonchev–Trinajstić information content (AvgIpc) is 2.88. The van der Waals surface area contributed by atoms with E-state index < -0.39 is 0 Å². The second-order valence-corrected chi connectivity index (χ2v) is 6.14. The first kappa shape index (κ1) is 14.7. The van der Waals surface area contributed by atoms with Crippen LogP contribution in [0.15, 0.2) is 22.5 Å². The zero-order valence-corrected chi connectivity index (χ0v) is 13.1. The van der Waals surface area contributed by atoms with Crippen molar-refractivity contribution in [2.24, 2.45) is 0 Å². The molecular weight excluding hydrogens is 326 g/mol. The number of ether oxygens (including phenoxy) is 1. The van der Waals surface area contributed by atoms with Crippen LogP contribution in [-0.2, 0) is 9.53 Å². The number of thiophene rings is 1. The monoisotopic (exact) mass is 337 g/mol. The summed E-state index contributed by atoms with van der Waals surface area (Å²) in [5.41, 5.74) is 0.211. The molecular formula is C12H11N5O3S2. The summed E-state index contributed by atoms with van der Waals surface area (Å²) in [6.07, 6.45) is 2.86. The predicted molar refractivity (Wildman–Crippen MR) is 84.5 cm³/mol. The first-order valence-corrected chi connectivity index (χ1v) is 8.10. The largest absolute Gasteiger partial charge is 0.465 e. The molecule has 3 heterocycles. The Balaban J connectivity index is 1.97. The standard InChI is InChI=1S/C12H11N5O3S2/c1-2-20-7(18)4-21-12-14-3-6-8-9(22-10(6)16-12)11(19)17(13)5-15-8/h3,5H,2,4,13H2,1H3. The summed E-state index contributed by atoms with van der Waals surface area (Å²) in [6, 6.07) is 0. The van der Waals surface area contributed by atoms with Gasteiger partial charge in [-0.2, -0.15) is 0 Å². The fourth-order valence-corrected chi connectivity index (χ4v) is 3.52. The van der Waals surface area contributed by atoms with E-state index in [2.05, 4.69) is 15.0 Å². The van der Waals surface area contributed by atoms with Gasteiger partial charge in [0.25, 0.3) is 5.56 Å². The summed E-state index contributed by atoms with van der Waals surface area (Å²) in [7, 11) is 0. The van der Waals surface area contributed by atoms with Crippen LogP contribution < -0.4 is 11.4 Å². The Kier molecular flexibility index (Phi) is 3.94. The molecule has 0 unspecified atom stereocenters. The van der Waals surface area contributed by atoms with Gasteiger partial charge in [0, 0.05) is 6.20 Å². The van der Waals surface area contributed by atoms with Crippen molar-refractivity contribution in [1.29, 1.82) is 0 Å². The van der Waals surface area contributed by atoms with Gasteiger partial charge in [-0.15, -0.1) is 11.3 Å². The van der Waals surface area contributed by atoms with E-state index in [-0.39, 0.29) is 17.3 Å². The summed E-state index contributed by atoms with van der Waals surface area (Å²) < 4.78 is 6.21. The minimum atomic E-state index is -0.325.